The van der Waals surface area contributed by atoms with Gasteiger partial charge in [0.1, 0.15) is 0 Å². The fourth-order valence-corrected chi connectivity index (χ4v) is 4.17. The van der Waals surface area contributed by atoms with Gasteiger partial charge >= 0.3 is 24.2 Å². The van der Waals surface area contributed by atoms with Crippen molar-refractivity contribution in [2.45, 2.75) is 53.4 Å². The van der Waals surface area contributed by atoms with Crippen molar-refractivity contribution in [2.75, 3.05) is 13.2 Å². The van der Waals surface area contributed by atoms with Crippen LogP contribution in [0, 0.1) is 39.5 Å². The maximum Gasteiger partial charge on any atom is 0.543 e. The average Bonchev–Trinajstić information content (AvgIpc) is 2.94. The highest BCUT2D eigenvalue weighted by Crippen LogP contribution is 2.29. The molecule has 2 aromatic carbocycles. The largest absolute Gasteiger partial charge is 0.543 e. The molecule has 12 nitrogen and oxygen atoms in total. The molecule has 0 bridgehead atoms. The van der Waals surface area contributed by atoms with Crippen LogP contribution in [0.2, 0.25) is 0 Å². The smallest absolute Gasteiger partial charge is 0.432 e. The summed E-state index contributed by atoms with van der Waals surface area (Å²) in [5.74, 6) is -1.46. The lowest BCUT2D eigenvalue weighted by Crippen LogP contribution is -2.24. The quantitative estimate of drug-likeness (QED) is 0.199. The lowest BCUT2D eigenvalue weighted by Gasteiger charge is -2.27. The van der Waals surface area contributed by atoms with Gasteiger partial charge < -0.3 is 9.47 Å². The van der Waals surface area contributed by atoms with Crippen molar-refractivity contribution < 1.29 is 58.3 Å². The van der Waals surface area contributed by atoms with Crippen molar-refractivity contribution in [3.63, 3.8) is 0 Å². The van der Waals surface area contributed by atoms with Crippen LogP contribution in [0.3, 0.4) is 0 Å². The summed E-state index contributed by atoms with van der Waals surface area (Å²) < 4.78 is 10.0. The zero-order valence-electron chi connectivity index (χ0n) is 22.8. The van der Waals surface area contributed by atoms with Crippen LogP contribution in [0.25, 0.3) is 0 Å². The van der Waals surface area contributed by atoms with Gasteiger partial charge in [-0.05, 0) is 99.6 Å². The molecule has 1 saturated carbocycles. The molecule has 0 aliphatic heterocycles. The van der Waals surface area contributed by atoms with Crippen LogP contribution in [0.1, 0.15) is 68.7 Å². The fourth-order valence-electron chi connectivity index (χ4n) is 4.17. The van der Waals surface area contributed by atoms with Gasteiger partial charge in [0.15, 0.2) is 0 Å². The highest BCUT2D eigenvalue weighted by Gasteiger charge is 2.25. The molecule has 2 aromatic rings. The fraction of sp³-hybridized carbons (Fsp3) is 0.429. The number of hydrogen-bond donors (Lipinski definition) is 0. The van der Waals surface area contributed by atoms with E-state index in [0.29, 0.717) is 25.7 Å². The van der Waals surface area contributed by atoms with Crippen molar-refractivity contribution in [1.29, 1.82) is 0 Å². The second-order valence-corrected chi connectivity index (χ2v) is 9.55. The van der Waals surface area contributed by atoms with Crippen LogP contribution in [0.4, 0.5) is 9.59 Å². The van der Waals surface area contributed by atoms with E-state index in [0.717, 1.165) is 22.3 Å². The van der Waals surface area contributed by atoms with Gasteiger partial charge in [0.05, 0.1) is 34.4 Å². The first kappa shape index (κ1) is 30.4. The first-order chi connectivity index (χ1) is 19.2. The lowest BCUT2D eigenvalue weighted by molar-refractivity contribution is -0.452. The summed E-state index contributed by atoms with van der Waals surface area (Å²) in [6, 6.07) is 10.2. The molecule has 0 aromatic heterocycles. The predicted octanol–water partition coefficient (Wildman–Crippen LogP) is 5.74. The molecule has 3 rings (SSSR count). The number of aryl methyl sites for hydroxylation is 2. The standard InChI is InChI=1S/C28H32O12/c1-17-7-5-9-23(19(17)3)25(29)35-39-37-27(31)33-15-21-11-13-22(14-12-21)16-34-28(32)38-40-36-26(30)24-10-6-8-18(2)20(24)4/h5-10,21-22H,11-16H2,1-4H3. The number of ether oxygens (including phenoxy) is 2. The van der Waals surface area contributed by atoms with E-state index in [-0.39, 0.29) is 36.2 Å². The topological polar surface area (TPSA) is 142 Å². The van der Waals surface area contributed by atoms with E-state index in [9.17, 15) is 19.2 Å². The zero-order valence-corrected chi connectivity index (χ0v) is 22.8. The third-order valence-corrected chi connectivity index (χ3v) is 6.91. The monoisotopic (exact) mass is 560 g/mol. The highest BCUT2D eigenvalue weighted by molar-refractivity contribution is 5.91. The van der Waals surface area contributed by atoms with E-state index >= 15 is 0 Å². The third kappa shape index (κ3) is 8.95. The molecule has 1 aliphatic carbocycles. The van der Waals surface area contributed by atoms with Gasteiger partial charge in [-0.25, -0.2) is 29.0 Å². The Labute approximate surface area is 231 Å². The Morgan fingerprint density at radius 1 is 0.600 bits per heavy atom. The number of rotatable bonds is 10. The predicted molar refractivity (Wildman–Crippen MR) is 135 cm³/mol. The Hall–Kier alpha value is -4.16. The molecule has 0 N–H and O–H groups in total. The van der Waals surface area contributed by atoms with Gasteiger partial charge in [0.2, 0.25) is 0 Å². The van der Waals surface area contributed by atoms with Gasteiger partial charge in [-0.15, -0.1) is 0 Å². The summed E-state index contributed by atoms with van der Waals surface area (Å²) in [6.07, 6.45) is 0.567. The molecular formula is C28H32O12. The molecule has 0 radical (unpaired) electrons. The number of hydrogen-bond acceptors (Lipinski definition) is 12. The molecular weight excluding hydrogens is 528 g/mol. The molecule has 1 fully saturated rings. The van der Waals surface area contributed by atoms with E-state index in [2.05, 4.69) is 29.6 Å². The maximum atomic E-state index is 12.0. The van der Waals surface area contributed by atoms with Crippen LogP contribution in [0.5, 0.6) is 0 Å². The van der Waals surface area contributed by atoms with Gasteiger partial charge in [0, 0.05) is 0 Å². The molecule has 0 unspecified atom stereocenters. The minimum absolute atomic E-state index is 0.0704. The second-order valence-electron chi connectivity index (χ2n) is 9.55. The number of carbonyl (C=O) groups is 4. The Morgan fingerprint density at radius 2 is 0.975 bits per heavy atom. The van der Waals surface area contributed by atoms with Gasteiger partial charge in [-0.2, -0.15) is 0 Å². The van der Waals surface area contributed by atoms with Gasteiger partial charge in [-0.3, -0.25) is 9.78 Å². The number of benzene rings is 2. The Morgan fingerprint density at radius 3 is 1.35 bits per heavy atom. The van der Waals surface area contributed by atoms with Gasteiger partial charge in [0.25, 0.3) is 0 Å². The summed E-state index contributed by atoms with van der Waals surface area (Å²) in [5.41, 5.74) is 3.82. The summed E-state index contributed by atoms with van der Waals surface area (Å²) in [5, 5.41) is 8.54. The van der Waals surface area contributed by atoms with Crippen molar-refractivity contribution in [2.24, 2.45) is 11.8 Å². The molecule has 1 aliphatic rings. The SMILES string of the molecule is Cc1cccc(C(=O)OOOC(=O)OCC2CCC(COC(=O)OOOC(=O)c3cccc(C)c3C)CC2)c1C. The van der Waals surface area contributed by atoms with Crippen LogP contribution in [-0.4, -0.2) is 37.5 Å². The molecule has 12 heteroatoms. The first-order valence-corrected chi connectivity index (χ1v) is 12.7. The Balaban J connectivity index is 1.24. The van der Waals surface area contributed by atoms with Crippen LogP contribution in [0.15, 0.2) is 36.4 Å². The molecule has 0 atom stereocenters. The number of carbonyl (C=O) groups excluding carboxylic acids is 4. The van der Waals surface area contributed by atoms with Crippen molar-refractivity contribution >= 4 is 24.2 Å². The average molecular weight is 561 g/mol. The summed E-state index contributed by atoms with van der Waals surface area (Å²) in [7, 11) is 0. The summed E-state index contributed by atoms with van der Waals surface area (Å²) in [6.45, 7) is 7.39. The Bertz CT molecular complexity index is 1110. The molecule has 0 heterocycles. The van der Waals surface area contributed by atoms with Crippen molar-refractivity contribution in [3.05, 3.63) is 69.8 Å². The van der Waals surface area contributed by atoms with E-state index in [1.165, 1.54) is 0 Å². The zero-order chi connectivity index (χ0) is 29.1. The van der Waals surface area contributed by atoms with Crippen molar-refractivity contribution in [1.82, 2.24) is 0 Å². The Kier molecular flexibility index (Phi) is 11.3. The van der Waals surface area contributed by atoms with E-state index in [4.69, 9.17) is 9.47 Å². The molecule has 216 valence electrons. The first-order valence-electron chi connectivity index (χ1n) is 12.7. The molecule has 0 saturated heterocycles. The van der Waals surface area contributed by atoms with E-state index in [1.54, 1.807) is 38.1 Å². The van der Waals surface area contributed by atoms with Crippen LogP contribution in [-0.2, 0) is 39.1 Å². The second kappa shape index (κ2) is 14.8. The van der Waals surface area contributed by atoms with Crippen LogP contribution >= 0.6 is 0 Å². The highest BCUT2D eigenvalue weighted by atomic mass is 17.5. The normalized spacial score (nSPS) is 16.4. The molecule has 40 heavy (non-hydrogen) atoms. The van der Waals surface area contributed by atoms with E-state index in [1.807, 2.05) is 26.0 Å². The van der Waals surface area contributed by atoms with E-state index < -0.39 is 24.2 Å². The van der Waals surface area contributed by atoms with Crippen molar-refractivity contribution in [3.8, 4) is 0 Å². The minimum atomic E-state index is -1.14. The maximum absolute atomic E-state index is 12.0. The molecule has 0 amide bonds. The van der Waals surface area contributed by atoms with Gasteiger partial charge in [-0.1, -0.05) is 24.3 Å². The summed E-state index contributed by atoms with van der Waals surface area (Å²) >= 11 is 0. The minimum Gasteiger partial charge on any atom is -0.432 e. The third-order valence-electron chi connectivity index (χ3n) is 6.91. The van der Waals surface area contributed by atoms with Crippen LogP contribution < -0.4 is 0 Å². The summed E-state index contributed by atoms with van der Waals surface area (Å²) in [4.78, 5) is 65.2. The lowest BCUT2D eigenvalue weighted by atomic mass is 9.83. The molecule has 0 spiro atoms.